The van der Waals surface area contributed by atoms with Gasteiger partial charge in [-0.1, -0.05) is 11.6 Å². The van der Waals surface area contributed by atoms with Crippen molar-refractivity contribution in [3.05, 3.63) is 28.5 Å². The lowest BCUT2D eigenvalue weighted by Gasteiger charge is -2.25. The summed E-state index contributed by atoms with van der Waals surface area (Å²) in [7, 11) is -4.03. The molecule has 1 aliphatic carbocycles. The lowest BCUT2D eigenvalue weighted by Crippen LogP contribution is -2.45. The predicted molar refractivity (Wildman–Crippen MR) is 75.5 cm³/mol. The third-order valence-electron chi connectivity index (χ3n) is 3.54. The van der Waals surface area contributed by atoms with Gasteiger partial charge in [0.25, 0.3) is 0 Å². The summed E-state index contributed by atoms with van der Waals surface area (Å²) in [5.41, 5.74) is -1.25. The van der Waals surface area contributed by atoms with Gasteiger partial charge in [-0.2, -0.15) is 0 Å². The average Bonchev–Trinajstić information content (AvgIpc) is 3.14. The Hall–Kier alpha value is -1.18. The molecule has 0 unspecified atom stereocenters. The van der Waals surface area contributed by atoms with Crippen LogP contribution < -0.4 is 4.72 Å². The standard InChI is InChI=1S/C13H15ClFNO4S/c1-13(2,7-3-4-7)16-21(19,20)8-5-9(12(17)18)11(14)10(15)6-8/h5-7,16H,3-4H2,1-2H3,(H,17,18). The van der Waals surface area contributed by atoms with Crippen molar-refractivity contribution in [2.75, 3.05) is 0 Å². The average molecular weight is 336 g/mol. The van der Waals surface area contributed by atoms with Gasteiger partial charge >= 0.3 is 5.97 Å². The Balaban J connectivity index is 2.43. The molecule has 0 aromatic heterocycles. The summed E-state index contributed by atoms with van der Waals surface area (Å²) in [5, 5.41) is 8.34. The van der Waals surface area contributed by atoms with E-state index in [1.165, 1.54) is 0 Å². The number of halogens is 2. The Labute approximate surface area is 127 Å². The largest absolute Gasteiger partial charge is 0.478 e. The lowest BCUT2D eigenvalue weighted by molar-refractivity contribution is 0.0696. The van der Waals surface area contributed by atoms with Crippen molar-refractivity contribution < 1.29 is 22.7 Å². The Bertz CT molecular complexity index is 698. The highest BCUT2D eigenvalue weighted by molar-refractivity contribution is 7.89. The van der Waals surface area contributed by atoms with Crippen LogP contribution in [0.1, 0.15) is 37.0 Å². The maximum absolute atomic E-state index is 13.6. The minimum Gasteiger partial charge on any atom is -0.478 e. The zero-order valence-corrected chi connectivity index (χ0v) is 13.1. The molecule has 2 rings (SSSR count). The second kappa shape index (κ2) is 5.23. The molecule has 21 heavy (non-hydrogen) atoms. The first-order valence-electron chi connectivity index (χ1n) is 6.31. The molecule has 0 radical (unpaired) electrons. The van der Waals surface area contributed by atoms with Gasteiger partial charge in [0, 0.05) is 5.54 Å². The van der Waals surface area contributed by atoms with Crippen LogP contribution in [0.15, 0.2) is 17.0 Å². The molecular weight excluding hydrogens is 321 g/mol. The zero-order valence-electron chi connectivity index (χ0n) is 11.5. The molecule has 0 heterocycles. The Morgan fingerprint density at radius 2 is 2.00 bits per heavy atom. The first-order chi connectivity index (χ1) is 9.54. The molecule has 0 saturated heterocycles. The van der Waals surface area contributed by atoms with Crippen molar-refractivity contribution in [3.8, 4) is 0 Å². The molecule has 1 aromatic rings. The SMILES string of the molecule is CC(C)(NS(=O)(=O)c1cc(F)c(Cl)c(C(=O)O)c1)C1CC1. The molecule has 0 amide bonds. The van der Waals surface area contributed by atoms with E-state index < -0.39 is 42.8 Å². The molecular formula is C13H15ClFNO4S. The highest BCUT2D eigenvalue weighted by Gasteiger charge is 2.40. The monoisotopic (exact) mass is 335 g/mol. The van der Waals surface area contributed by atoms with E-state index in [9.17, 15) is 17.6 Å². The van der Waals surface area contributed by atoms with Gasteiger partial charge in [0.15, 0.2) is 0 Å². The number of carboxylic acid groups (broad SMARTS) is 1. The third-order valence-corrected chi connectivity index (χ3v) is 5.57. The van der Waals surface area contributed by atoms with Crippen molar-refractivity contribution in [2.24, 2.45) is 5.92 Å². The van der Waals surface area contributed by atoms with Crippen molar-refractivity contribution in [1.29, 1.82) is 0 Å². The lowest BCUT2D eigenvalue weighted by atomic mass is 10.0. The van der Waals surface area contributed by atoms with Gasteiger partial charge in [0.05, 0.1) is 15.5 Å². The first kappa shape index (κ1) is 16.2. The topological polar surface area (TPSA) is 83.5 Å². The van der Waals surface area contributed by atoms with Crippen LogP contribution in [0.2, 0.25) is 5.02 Å². The Morgan fingerprint density at radius 1 is 1.43 bits per heavy atom. The Morgan fingerprint density at radius 3 is 2.48 bits per heavy atom. The molecule has 1 saturated carbocycles. The summed E-state index contributed by atoms with van der Waals surface area (Å²) in [4.78, 5) is 10.5. The molecule has 5 nitrogen and oxygen atoms in total. The van der Waals surface area contributed by atoms with Crippen molar-refractivity contribution >= 4 is 27.6 Å². The molecule has 2 N–H and O–H groups in total. The number of carboxylic acids is 1. The van der Waals surface area contributed by atoms with Crippen LogP contribution in [0.4, 0.5) is 4.39 Å². The second-order valence-electron chi connectivity index (χ2n) is 5.67. The van der Waals surface area contributed by atoms with Gasteiger partial charge in [-0.05, 0) is 44.7 Å². The smallest absolute Gasteiger partial charge is 0.337 e. The molecule has 0 atom stereocenters. The van der Waals surface area contributed by atoms with E-state index in [4.69, 9.17) is 16.7 Å². The summed E-state index contributed by atoms with van der Waals surface area (Å²) in [6.07, 6.45) is 1.84. The third kappa shape index (κ3) is 3.36. The van der Waals surface area contributed by atoms with Crippen molar-refractivity contribution in [1.82, 2.24) is 4.72 Å². The zero-order chi connectivity index (χ0) is 16.0. The fourth-order valence-electron chi connectivity index (χ4n) is 2.17. The Kier molecular flexibility index (Phi) is 4.03. The van der Waals surface area contributed by atoms with Crippen LogP contribution in [-0.4, -0.2) is 25.0 Å². The number of rotatable bonds is 5. The van der Waals surface area contributed by atoms with Crippen LogP contribution in [0.25, 0.3) is 0 Å². The molecule has 0 spiro atoms. The molecule has 0 bridgehead atoms. The normalized spacial score (nSPS) is 16.0. The molecule has 8 heteroatoms. The summed E-state index contributed by atoms with van der Waals surface area (Å²) in [6.45, 7) is 3.49. The number of benzene rings is 1. The van der Waals surface area contributed by atoms with E-state index in [1.807, 2.05) is 0 Å². The summed E-state index contributed by atoms with van der Waals surface area (Å²) >= 11 is 5.53. The van der Waals surface area contributed by atoms with Gasteiger partial charge in [0.2, 0.25) is 10.0 Å². The second-order valence-corrected chi connectivity index (χ2v) is 7.73. The maximum Gasteiger partial charge on any atom is 0.337 e. The maximum atomic E-state index is 13.6. The number of hydrogen-bond donors (Lipinski definition) is 2. The van der Waals surface area contributed by atoms with Gasteiger partial charge < -0.3 is 5.11 Å². The van der Waals surface area contributed by atoms with Gasteiger partial charge in [-0.3, -0.25) is 0 Å². The van der Waals surface area contributed by atoms with E-state index in [2.05, 4.69) is 4.72 Å². The molecule has 1 fully saturated rings. The van der Waals surface area contributed by atoms with Gasteiger partial charge in [-0.25, -0.2) is 22.3 Å². The highest BCUT2D eigenvalue weighted by Crippen LogP contribution is 2.40. The molecule has 0 aliphatic heterocycles. The number of carbonyl (C=O) groups is 1. The van der Waals surface area contributed by atoms with Crippen LogP contribution >= 0.6 is 11.6 Å². The highest BCUT2D eigenvalue weighted by atomic mass is 35.5. The minimum absolute atomic E-state index is 0.225. The summed E-state index contributed by atoms with van der Waals surface area (Å²) < 4.78 is 40.7. The van der Waals surface area contributed by atoms with Gasteiger partial charge in [-0.15, -0.1) is 0 Å². The van der Waals surface area contributed by atoms with Crippen LogP contribution in [0, 0.1) is 11.7 Å². The first-order valence-corrected chi connectivity index (χ1v) is 8.17. The summed E-state index contributed by atoms with van der Waals surface area (Å²) in [6, 6.07) is 1.58. The molecule has 116 valence electrons. The fraction of sp³-hybridized carbons (Fsp3) is 0.462. The predicted octanol–water partition coefficient (Wildman–Crippen LogP) is 2.64. The van der Waals surface area contributed by atoms with Crippen LogP contribution in [0.5, 0.6) is 0 Å². The fourth-order valence-corrected chi connectivity index (χ4v) is 3.87. The number of aromatic carboxylic acids is 1. The quantitative estimate of drug-likeness (QED) is 0.866. The van der Waals surface area contributed by atoms with Gasteiger partial charge in [0.1, 0.15) is 5.82 Å². The van der Waals surface area contributed by atoms with E-state index >= 15 is 0 Å². The van der Waals surface area contributed by atoms with E-state index in [0.717, 1.165) is 25.0 Å². The van der Waals surface area contributed by atoms with Crippen LogP contribution in [0.3, 0.4) is 0 Å². The number of nitrogens with one attached hydrogen (secondary N) is 1. The minimum atomic E-state index is -4.03. The van der Waals surface area contributed by atoms with E-state index in [0.29, 0.717) is 0 Å². The summed E-state index contributed by atoms with van der Waals surface area (Å²) in [5.74, 6) is -2.35. The van der Waals surface area contributed by atoms with E-state index in [-0.39, 0.29) is 5.92 Å². The number of sulfonamides is 1. The molecule has 1 aliphatic rings. The number of hydrogen-bond acceptors (Lipinski definition) is 3. The molecule has 1 aromatic carbocycles. The van der Waals surface area contributed by atoms with E-state index in [1.54, 1.807) is 13.8 Å². The van der Waals surface area contributed by atoms with Crippen molar-refractivity contribution in [2.45, 2.75) is 37.1 Å². The van der Waals surface area contributed by atoms with Crippen LogP contribution in [-0.2, 0) is 10.0 Å². The van der Waals surface area contributed by atoms with Crippen molar-refractivity contribution in [3.63, 3.8) is 0 Å².